The summed E-state index contributed by atoms with van der Waals surface area (Å²) in [6, 6.07) is 59.7. The van der Waals surface area contributed by atoms with Crippen molar-refractivity contribution in [3.05, 3.63) is 170 Å². The van der Waals surface area contributed by atoms with Gasteiger partial charge >= 0.3 is 0 Å². The second kappa shape index (κ2) is 11.0. The Bertz CT molecular complexity index is 2860. The van der Waals surface area contributed by atoms with Crippen molar-refractivity contribution in [3.63, 3.8) is 0 Å². The van der Waals surface area contributed by atoms with Gasteiger partial charge in [0.05, 0.1) is 11.2 Å². The van der Waals surface area contributed by atoms with Gasteiger partial charge in [-0.25, -0.2) is 9.97 Å². The molecule has 0 N–H and O–H groups in total. The van der Waals surface area contributed by atoms with Crippen LogP contribution in [0.5, 0.6) is 0 Å². The second-order valence-electron chi connectivity index (χ2n) is 12.5. The van der Waals surface area contributed by atoms with Crippen molar-refractivity contribution < 1.29 is 4.42 Å². The van der Waals surface area contributed by atoms with Gasteiger partial charge in [-0.1, -0.05) is 152 Å². The van der Waals surface area contributed by atoms with Crippen molar-refractivity contribution >= 4 is 54.4 Å². The standard InChI is InChI=1S/C46H28N2O/c1-2-13-32(14-3-1)46-47-41-22-9-8-19-37(41)44(48-46)38-21-11-23-42-43(38)40-28-39(35-17-6-7-18-36(35)45(40)49-42)31-26-24-30(25-27-31)34-20-10-15-29-12-4-5-16-33(29)34/h1-28H. The van der Waals surface area contributed by atoms with E-state index in [1.165, 1.54) is 27.5 Å². The summed E-state index contributed by atoms with van der Waals surface area (Å²) < 4.78 is 6.72. The molecule has 228 valence electrons. The number of hydrogen-bond acceptors (Lipinski definition) is 3. The van der Waals surface area contributed by atoms with Crippen LogP contribution >= 0.6 is 0 Å². The molecule has 3 heteroatoms. The maximum Gasteiger partial charge on any atom is 0.160 e. The summed E-state index contributed by atoms with van der Waals surface area (Å²) >= 11 is 0. The monoisotopic (exact) mass is 624 g/mol. The molecule has 2 aromatic heterocycles. The summed E-state index contributed by atoms with van der Waals surface area (Å²) in [5, 5.41) is 7.89. The first-order valence-electron chi connectivity index (χ1n) is 16.6. The van der Waals surface area contributed by atoms with Crippen LogP contribution in [0.15, 0.2) is 174 Å². The van der Waals surface area contributed by atoms with Gasteiger partial charge in [0, 0.05) is 32.7 Å². The number of hydrogen-bond donors (Lipinski definition) is 0. The molecule has 0 aliphatic rings. The summed E-state index contributed by atoms with van der Waals surface area (Å²) in [5.41, 5.74) is 10.3. The van der Waals surface area contributed by atoms with E-state index >= 15 is 0 Å². The van der Waals surface area contributed by atoms with Crippen molar-refractivity contribution in [2.75, 3.05) is 0 Å². The molecule has 0 saturated carbocycles. The molecule has 2 heterocycles. The van der Waals surface area contributed by atoms with Gasteiger partial charge in [-0.05, 0) is 56.6 Å². The molecule has 0 atom stereocenters. The van der Waals surface area contributed by atoms with Crippen molar-refractivity contribution in [2.45, 2.75) is 0 Å². The molecule has 0 spiro atoms. The second-order valence-corrected chi connectivity index (χ2v) is 12.5. The maximum absolute atomic E-state index is 6.72. The number of aromatic nitrogens is 2. The van der Waals surface area contributed by atoms with Crippen molar-refractivity contribution in [1.82, 2.24) is 9.97 Å². The van der Waals surface area contributed by atoms with E-state index in [0.717, 1.165) is 66.0 Å². The summed E-state index contributed by atoms with van der Waals surface area (Å²) in [5.74, 6) is 0.705. The van der Waals surface area contributed by atoms with Gasteiger partial charge in [0.1, 0.15) is 11.2 Å². The summed E-state index contributed by atoms with van der Waals surface area (Å²) in [7, 11) is 0. The minimum atomic E-state index is 0.705. The fourth-order valence-corrected chi connectivity index (χ4v) is 7.39. The zero-order valence-electron chi connectivity index (χ0n) is 26.5. The normalized spacial score (nSPS) is 11.7. The Morgan fingerprint density at radius 2 is 1.02 bits per heavy atom. The van der Waals surface area contributed by atoms with E-state index in [1.54, 1.807) is 0 Å². The molecule has 49 heavy (non-hydrogen) atoms. The van der Waals surface area contributed by atoms with Crippen LogP contribution in [0.25, 0.3) is 99.3 Å². The Morgan fingerprint density at radius 1 is 0.388 bits per heavy atom. The van der Waals surface area contributed by atoms with E-state index in [0.29, 0.717) is 5.82 Å². The Balaban J connectivity index is 1.21. The highest BCUT2D eigenvalue weighted by atomic mass is 16.3. The van der Waals surface area contributed by atoms with Crippen molar-refractivity contribution in [2.24, 2.45) is 0 Å². The number of benzene rings is 8. The molecule has 0 bridgehead atoms. The largest absolute Gasteiger partial charge is 0.455 e. The predicted octanol–water partition coefficient (Wildman–Crippen LogP) is 12.5. The highest BCUT2D eigenvalue weighted by Gasteiger charge is 2.20. The molecular formula is C46H28N2O. The SMILES string of the molecule is c1ccc(-c2nc(-c3cccc4oc5c6ccccc6c(-c6ccc(-c7cccc8ccccc78)cc6)cc5c34)c3ccccc3n2)cc1. The fraction of sp³-hybridized carbons (Fsp3) is 0. The first-order valence-corrected chi connectivity index (χ1v) is 16.6. The Labute approximate surface area is 282 Å². The molecule has 3 nitrogen and oxygen atoms in total. The van der Waals surface area contributed by atoms with E-state index in [4.69, 9.17) is 14.4 Å². The van der Waals surface area contributed by atoms with Crippen molar-refractivity contribution in [3.8, 4) is 44.9 Å². The molecule has 0 saturated heterocycles. The molecule has 10 aromatic rings. The predicted molar refractivity (Wildman–Crippen MR) is 204 cm³/mol. The van der Waals surface area contributed by atoms with Crippen molar-refractivity contribution in [1.29, 1.82) is 0 Å². The minimum Gasteiger partial charge on any atom is -0.455 e. The first-order chi connectivity index (χ1) is 24.3. The number of fused-ring (bicyclic) bond motifs is 7. The number of para-hydroxylation sites is 1. The summed E-state index contributed by atoms with van der Waals surface area (Å²) in [6.07, 6.45) is 0. The van der Waals surface area contributed by atoms with Crippen LogP contribution in [0.4, 0.5) is 0 Å². The smallest absolute Gasteiger partial charge is 0.160 e. The quantitative estimate of drug-likeness (QED) is 0.196. The lowest BCUT2D eigenvalue weighted by Crippen LogP contribution is -1.95. The average molecular weight is 625 g/mol. The van der Waals surface area contributed by atoms with Crippen LogP contribution in [-0.4, -0.2) is 9.97 Å². The maximum atomic E-state index is 6.72. The van der Waals surface area contributed by atoms with Crippen LogP contribution in [0.3, 0.4) is 0 Å². The average Bonchev–Trinajstić information content (AvgIpc) is 3.57. The summed E-state index contributed by atoms with van der Waals surface area (Å²) in [4.78, 5) is 10.2. The molecular weight excluding hydrogens is 597 g/mol. The third-order valence-corrected chi connectivity index (χ3v) is 9.69. The van der Waals surface area contributed by atoms with Gasteiger partial charge in [0.15, 0.2) is 5.82 Å². The van der Waals surface area contributed by atoms with Crippen LogP contribution in [-0.2, 0) is 0 Å². The van der Waals surface area contributed by atoms with E-state index in [2.05, 4.69) is 146 Å². The number of rotatable bonds is 4. The van der Waals surface area contributed by atoms with Gasteiger partial charge in [0.2, 0.25) is 0 Å². The van der Waals surface area contributed by atoms with Crippen LogP contribution in [0.1, 0.15) is 0 Å². The van der Waals surface area contributed by atoms with Gasteiger partial charge in [0.25, 0.3) is 0 Å². The molecule has 10 rings (SSSR count). The summed E-state index contributed by atoms with van der Waals surface area (Å²) in [6.45, 7) is 0. The number of nitrogens with zero attached hydrogens (tertiary/aromatic N) is 2. The lowest BCUT2D eigenvalue weighted by atomic mass is 9.92. The third kappa shape index (κ3) is 4.44. The zero-order chi connectivity index (χ0) is 32.3. The molecule has 8 aromatic carbocycles. The molecule has 0 aliphatic carbocycles. The van der Waals surface area contributed by atoms with Gasteiger partial charge in [-0.3, -0.25) is 0 Å². The van der Waals surface area contributed by atoms with Gasteiger partial charge in [-0.15, -0.1) is 0 Å². The zero-order valence-corrected chi connectivity index (χ0v) is 26.5. The Kier molecular flexibility index (Phi) is 6.18. The lowest BCUT2D eigenvalue weighted by molar-refractivity contribution is 0.673. The highest BCUT2D eigenvalue weighted by Crippen LogP contribution is 2.44. The topological polar surface area (TPSA) is 38.9 Å². The van der Waals surface area contributed by atoms with Gasteiger partial charge < -0.3 is 4.42 Å². The molecule has 0 aliphatic heterocycles. The van der Waals surface area contributed by atoms with E-state index in [9.17, 15) is 0 Å². The lowest BCUT2D eigenvalue weighted by Gasteiger charge is -2.12. The van der Waals surface area contributed by atoms with E-state index in [1.807, 2.05) is 24.3 Å². The third-order valence-electron chi connectivity index (χ3n) is 9.69. The first kappa shape index (κ1) is 27.5. The van der Waals surface area contributed by atoms with Gasteiger partial charge in [-0.2, -0.15) is 0 Å². The van der Waals surface area contributed by atoms with E-state index in [-0.39, 0.29) is 0 Å². The van der Waals surface area contributed by atoms with Crippen LogP contribution in [0.2, 0.25) is 0 Å². The fourth-order valence-electron chi connectivity index (χ4n) is 7.39. The number of furan rings is 1. The molecule has 0 amide bonds. The minimum absolute atomic E-state index is 0.705. The Morgan fingerprint density at radius 3 is 1.86 bits per heavy atom. The van der Waals surface area contributed by atoms with Crippen LogP contribution < -0.4 is 0 Å². The van der Waals surface area contributed by atoms with Crippen LogP contribution in [0, 0.1) is 0 Å². The molecule has 0 fully saturated rings. The molecule has 0 radical (unpaired) electrons. The van der Waals surface area contributed by atoms with E-state index < -0.39 is 0 Å². The molecule has 0 unspecified atom stereocenters. The highest BCUT2D eigenvalue weighted by molar-refractivity contribution is 6.23. The Hall–Kier alpha value is -6.58.